The van der Waals surface area contributed by atoms with Crippen molar-refractivity contribution in [2.45, 2.75) is 45.8 Å². The molecule has 1 N–H and O–H groups in total. The predicted octanol–water partition coefficient (Wildman–Crippen LogP) is 5.33. The molecule has 2 heterocycles. The number of nitrogens with zero attached hydrogens (tertiary/aromatic N) is 3. The first-order chi connectivity index (χ1) is 15.7. The van der Waals surface area contributed by atoms with Crippen molar-refractivity contribution in [2.75, 3.05) is 11.9 Å². The van der Waals surface area contributed by atoms with Crippen LogP contribution in [0.4, 0.5) is 9.93 Å². The number of fused-ring (bicyclic) bond motifs is 1. The van der Waals surface area contributed by atoms with E-state index in [1.165, 1.54) is 11.3 Å². The summed E-state index contributed by atoms with van der Waals surface area (Å²) in [5.41, 5.74) is 3.17. The van der Waals surface area contributed by atoms with Gasteiger partial charge in [-0.05, 0) is 68.1 Å². The zero-order valence-corrected chi connectivity index (χ0v) is 20.3. The quantitative estimate of drug-likeness (QED) is 0.541. The number of carbonyl (C=O) groups excluding carboxylic acids is 2. The zero-order valence-electron chi connectivity index (χ0n) is 18.7. The number of carbonyl (C=O) groups is 2. The second-order valence-corrected chi connectivity index (χ2v) is 10.4. The van der Waals surface area contributed by atoms with Crippen LogP contribution < -0.4 is 5.32 Å². The minimum absolute atomic E-state index is 0.235. The SMILES string of the molecule is CC(C)(C)OC(=O)N1CCc2cc(C(=O)Nc3nnc(Cc4ccc(Cl)cc4)s3)ccc2C1. The molecule has 1 aliphatic rings. The number of benzene rings is 2. The molecule has 0 radical (unpaired) electrons. The molecule has 0 saturated carbocycles. The van der Waals surface area contributed by atoms with Gasteiger partial charge in [0.05, 0.1) is 0 Å². The Labute approximate surface area is 201 Å². The molecule has 7 nitrogen and oxygen atoms in total. The maximum atomic E-state index is 12.8. The summed E-state index contributed by atoms with van der Waals surface area (Å²) >= 11 is 7.27. The number of nitrogens with one attached hydrogen (secondary N) is 1. The first-order valence-electron chi connectivity index (χ1n) is 10.6. The summed E-state index contributed by atoms with van der Waals surface area (Å²) < 4.78 is 5.47. The fourth-order valence-electron chi connectivity index (χ4n) is 3.50. The van der Waals surface area contributed by atoms with E-state index in [1.807, 2.05) is 57.2 Å². The lowest BCUT2D eigenvalue weighted by molar-refractivity contribution is 0.0224. The lowest BCUT2D eigenvalue weighted by Crippen LogP contribution is -2.39. The highest BCUT2D eigenvalue weighted by atomic mass is 35.5. The van der Waals surface area contributed by atoms with Crippen LogP contribution in [0.25, 0.3) is 0 Å². The van der Waals surface area contributed by atoms with Crippen LogP contribution >= 0.6 is 22.9 Å². The minimum atomic E-state index is -0.529. The summed E-state index contributed by atoms with van der Waals surface area (Å²) in [5, 5.41) is 13.0. The molecule has 2 aromatic carbocycles. The van der Waals surface area contributed by atoms with Gasteiger partial charge in [0.15, 0.2) is 0 Å². The third-order valence-electron chi connectivity index (χ3n) is 5.09. The van der Waals surface area contributed by atoms with E-state index in [4.69, 9.17) is 16.3 Å². The van der Waals surface area contributed by atoms with Crippen LogP contribution in [0.3, 0.4) is 0 Å². The van der Waals surface area contributed by atoms with E-state index in [-0.39, 0.29) is 12.0 Å². The number of halogens is 1. The Bertz CT molecular complexity index is 1170. The molecule has 0 saturated heterocycles. The molecule has 0 spiro atoms. The van der Waals surface area contributed by atoms with Crippen LogP contribution in [-0.4, -0.2) is 39.2 Å². The molecule has 2 amide bonds. The number of rotatable bonds is 4. The molecule has 0 unspecified atom stereocenters. The van der Waals surface area contributed by atoms with Crippen molar-refractivity contribution in [3.63, 3.8) is 0 Å². The van der Waals surface area contributed by atoms with E-state index in [0.717, 1.165) is 21.7 Å². The summed E-state index contributed by atoms with van der Waals surface area (Å²) in [4.78, 5) is 26.8. The van der Waals surface area contributed by atoms with Crippen LogP contribution in [0.15, 0.2) is 42.5 Å². The highest BCUT2D eigenvalue weighted by Crippen LogP contribution is 2.24. The van der Waals surface area contributed by atoms with E-state index >= 15 is 0 Å². The first-order valence-corrected chi connectivity index (χ1v) is 11.8. The fourth-order valence-corrected chi connectivity index (χ4v) is 4.39. The van der Waals surface area contributed by atoms with Gasteiger partial charge in [0.2, 0.25) is 5.13 Å². The van der Waals surface area contributed by atoms with E-state index < -0.39 is 5.60 Å². The van der Waals surface area contributed by atoms with Crippen molar-refractivity contribution < 1.29 is 14.3 Å². The molecule has 9 heteroatoms. The molecule has 0 aliphatic carbocycles. The Balaban J connectivity index is 1.38. The van der Waals surface area contributed by atoms with Gasteiger partial charge in [-0.1, -0.05) is 41.1 Å². The third kappa shape index (κ3) is 6.09. The van der Waals surface area contributed by atoms with E-state index in [0.29, 0.717) is 41.6 Å². The van der Waals surface area contributed by atoms with Crippen LogP contribution in [0.1, 0.15) is 52.8 Å². The average molecular weight is 485 g/mol. The van der Waals surface area contributed by atoms with Crippen molar-refractivity contribution in [1.82, 2.24) is 15.1 Å². The number of hydrogen-bond donors (Lipinski definition) is 1. The maximum Gasteiger partial charge on any atom is 0.410 e. The van der Waals surface area contributed by atoms with Crippen molar-refractivity contribution in [3.8, 4) is 0 Å². The molecule has 3 aromatic rings. The van der Waals surface area contributed by atoms with Gasteiger partial charge in [-0.2, -0.15) is 0 Å². The molecule has 172 valence electrons. The molecule has 33 heavy (non-hydrogen) atoms. The zero-order chi connectivity index (χ0) is 23.6. The highest BCUT2D eigenvalue weighted by molar-refractivity contribution is 7.15. The molecule has 0 fully saturated rings. The Kier molecular flexibility index (Phi) is 6.67. The maximum absolute atomic E-state index is 12.8. The standard InChI is InChI=1S/C24H25ClN4O3S/c1-24(2,3)32-23(31)29-11-10-16-13-17(6-7-18(16)14-29)21(30)26-22-28-27-20(33-22)12-15-4-8-19(25)9-5-15/h4-9,13H,10-12,14H2,1-3H3,(H,26,28,30). The molecular formula is C24H25ClN4O3S. The summed E-state index contributed by atoms with van der Waals surface area (Å²) in [6.07, 6.45) is 0.970. The van der Waals surface area contributed by atoms with Gasteiger partial charge in [0.1, 0.15) is 10.6 Å². The van der Waals surface area contributed by atoms with Crippen LogP contribution in [-0.2, 0) is 24.1 Å². The Morgan fingerprint density at radius 1 is 1.12 bits per heavy atom. The van der Waals surface area contributed by atoms with Crippen LogP contribution in [0.5, 0.6) is 0 Å². The van der Waals surface area contributed by atoms with Gasteiger partial charge < -0.3 is 9.64 Å². The first kappa shape index (κ1) is 23.2. The molecule has 0 bridgehead atoms. The minimum Gasteiger partial charge on any atom is -0.444 e. The van der Waals surface area contributed by atoms with E-state index in [1.54, 1.807) is 11.0 Å². The molecule has 1 aliphatic heterocycles. The molecule has 4 rings (SSSR count). The Morgan fingerprint density at radius 3 is 2.61 bits per heavy atom. The smallest absolute Gasteiger partial charge is 0.410 e. The molecular weight excluding hydrogens is 460 g/mol. The summed E-state index contributed by atoms with van der Waals surface area (Å²) in [6.45, 7) is 6.58. The monoisotopic (exact) mass is 484 g/mol. The van der Waals surface area contributed by atoms with Crippen molar-refractivity contribution >= 4 is 40.1 Å². The van der Waals surface area contributed by atoms with Gasteiger partial charge >= 0.3 is 6.09 Å². The van der Waals surface area contributed by atoms with Gasteiger partial charge in [-0.25, -0.2) is 4.79 Å². The predicted molar refractivity (Wildman–Crippen MR) is 129 cm³/mol. The van der Waals surface area contributed by atoms with E-state index in [2.05, 4.69) is 15.5 Å². The summed E-state index contributed by atoms with van der Waals surface area (Å²) in [5.74, 6) is -0.235. The molecule has 0 atom stereocenters. The normalized spacial score (nSPS) is 13.4. The van der Waals surface area contributed by atoms with Crippen LogP contribution in [0, 0.1) is 0 Å². The number of anilines is 1. The van der Waals surface area contributed by atoms with Gasteiger partial charge in [0, 0.05) is 30.1 Å². The fraction of sp³-hybridized carbons (Fsp3) is 0.333. The third-order valence-corrected chi connectivity index (χ3v) is 6.18. The van der Waals surface area contributed by atoms with Gasteiger partial charge in [0.25, 0.3) is 5.91 Å². The summed E-state index contributed by atoms with van der Waals surface area (Å²) in [7, 11) is 0. The van der Waals surface area contributed by atoms with Gasteiger partial charge in [-0.15, -0.1) is 10.2 Å². The lowest BCUT2D eigenvalue weighted by atomic mass is 9.97. The van der Waals surface area contributed by atoms with Crippen molar-refractivity contribution in [1.29, 1.82) is 0 Å². The Morgan fingerprint density at radius 2 is 1.88 bits per heavy atom. The Hall–Kier alpha value is -2.97. The number of ether oxygens (including phenoxy) is 1. The molecule has 1 aromatic heterocycles. The highest BCUT2D eigenvalue weighted by Gasteiger charge is 2.26. The largest absolute Gasteiger partial charge is 0.444 e. The van der Waals surface area contributed by atoms with E-state index in [9.17, 15) is 9.59 Å². The number of hydrogen-bond acceptors (Lipinski definition) is 6. The van der Waals surface area contributed by atoms with Crippen molar-refractivity contribution in [2.24, 2.45) is 0 Å². The van der Waals surface area contributed by atoms with Crippen molar-refractivity contribution in [3.05, 3.63) is 74.7 Å². The summed E-state index contributed by atoms with van der Waals surface area (Å²) in [6, 6.07) is 13.1. The van der Waals surface area contributed by atoms with Gasteiger partial charge in [-0.3, -0.25) is 10.1 Å². The average Bonchev–Trinajstić information content (AvgIpc) is 3.20. The van der Waals surface area contributed by atoms with Crippen LogP contribution in [0.2, 0.25) is 5.02 Å². The topological polar surface area (TPSA) is 84.4 Å². The number of amides is 2. The second kappa shape index (κ2) is 9.49. The lowest BCUT2D eigenvalue weighted by Gasteiger charge is -2.31. The second-order valence-electron chi connectivity index (χ2n) is 8.89. The number of aromatic nitrogens is 2.